The summed E-state index contributed by atoms with van der Waals surface area (Å²) in [7, 11) is 1.57. The molecule has 1 aromatic carbocycles. The van der Waals surface area contributed by atoms with Crippen molar-refractivity contribution in [2.75, 3.05) is 38.7 Å². The zero-order valence-electron chi connectivity index (χ0n) is 15.5. The number of carbonyl (C=O) groups excluding carboxylic acids is 1. The number of nitrogens with zero attached hydrogens (tertiary/aromatic N) is 1. The first-order chi connectivity index (χ1) is 12.9. The van der Waals surface area contributed by atoms with E-state index < -0.39 is 5.97 Å². The number of anilines is 1. The van der Waals surface area contributed by atoms with Crippen molar-refractivity contribution in [3.05, 3.63) is 23.2 Å². The Balaban J connectivity index is 1.85. The summed E-state index contributed by atoms with van der Waals surface area (Å²) < 4.78 is 10.5. The predicted octanol–water partition coefficient (Wildman–Crippen LogP) is 2.42. The van der Waals surface area contributed by atoms with Gasteiger partial charge in [0.25, 0.3) is 0 Å². The molecule has 1 fully saturated rings. The quantitative estimate of drug-likeness (QED) is 0.522. The van der Waals surface area contributed by atoms with Crippen molar-refractivity contribution in [2.24, 2.45) is 0 Å². The number of urea groups is 1. The molecule has 9 heteroatoms. The van der Waals surface area contributed by atoms with Crippen molar-refractivity contribution >= 4 is 29.3 Å². The summed E-state index contributed by atoms with van der Waals surface area (Å²) in [4.78, 5) is 25.1. The van der Waals surface area contributed by atoms with E-state index in [1.54, 1.807) is 25.3 Å². The van der Waals surface area contributed by atoms with Gasteiger partial charge in [0, 0.05) is 19.2 Å². The van der Waals surface area contributed by atoms with Crippen molar-refractivity contribution in [3.8, 4) is 5.75 Å². The minimum Gasteiger partial charge on any atom is -0.487 e. The zero-order chi connectivity index (χ0) is 19.8. The monoisotopic (exact) mass is 399 g/mol. The molecular formula is C18H26ClN3O5. The summed E-state index contributed by atoms with van der Waals surface area (Å²) in [5.74, 6) is -0.440. The van der Waals surface area contributed by atoms with Crippen LogP contribution in [0.1, 0.15) is 19.8 Å². The van der Waals surface area contributed by atoms with Crippen LogP contribution in [0, 0.1) is 0 Å². The molecule has 1 aromatic rings. The van der Waals surface area contributed by atoms with Crippen LogP contribution in [-0.4, -0.2) is 67.5 Å². The molecule has 0 unspecified atom stereocenters. The van der Waals surface area contributed by atoms with E-state index in [1.165, 1.54) is 0 Å². The smallest absolute Gasteiger partial charge is 0.319 e. The van der Waals surface area contributed by atoms with Crippen LogP contribution in [0.3, 0.4) is 0 Å². The third kappa shape index (κ3) is 6.27. The number of benzene rings is 1. The summed E-state index contributed by atoms with van der Waals surface area (Å²) in [5.41, 5.74) is 0.480. The lowest BCUT2D eigenvalue weighted by Gasteiger charge is -2.42. The SMILES string of the molecule is CCN(CC(=O)O)C1CC(NC(=O)Nc2cccc(Cl)c2OCCOC)C1. The van der Waals surface area contributed by atoms with Crippen molar-refractivity contribution in [3.63, 3.8) is 0 Å². The van der Waals surface area contributed by atoms with E-state index in [2.05, 4.69) is 10.6 Å². The van der Waals surface area contributed by atoms with Crippen LogP contribution in [-0.2, 0) is 9.53 Å². The molecular weight excluding hydrogens is 374 g/mol. The van der Waals surface area contributed by atoms with Crippen LogP contribution < -0.4 is 15.4 Å². The molecule has 0 atom stereocenters. The number of carboxylic acids is 1. The molecule has 3 N–H and O–H groups in total. The lowest BCUT2D eigenvalue weighted by Crippen LogP contribution is -2.55. The minimum absolute atomic E-state index is 0.00916. The average molecular weight is 400 g/mol. The number of amides is 2. The zero-order valence-corrected chi connectivity index (χ0v) is 16.3. The number of ether oxygens (including phenoxy) is 2. The number of methoxy groups -OCH3 is 1. The fourth-order valence-electron chi connectivity index (χ4n) is 3.00. The van der Waals surface area contributed by atoms with E-state index in [-0.39, 0.29) is 24.7 Å². The number of nitrogens with one attached hydrogen (secondary N) is 2. The van der Waals surface area contributed by atoms with Gasteiger partial charge in [-0.3, -0.25) is 9.69 Å². The molecule has 1 aliphatic rings. The van der Waals surface area contributed by atoms with E-state index >= 15 is 0 Å². The molecule has 0 heterocycles. The maximum atomic E-state index is 12.3. The topological polar surface area (TPSA) is 100 Å². The Morgan fingerprint density at radius 3 is 2.70 bits per heavy atom. The van der Waals surface area contributed by atoms with Crippen molar-refractivity contribution in [1.29, 1.82) is 0 Å². The maximum Gasteiger partial charge on any atom is 0.319 e. The van der Waals surface area contributed by atoms with Gasteiger partial charge in [-0.25, -0.2) is 4.79 Å². The molecule has 2 amide bonds. The van der Waals surface area contributed by atoms with Gasteiger partial charge in [-0.15, -0.1) is 0 Å². The minimum atomic E-state index is -0.840. The van der Waals surface area contributed by atoms with E-state index in [9.17, 15) is 9.59 Å². The Morgan fingerprint density at radius 2 is 2.07 bits per heavy atom. The van der Waals surface area contributed by atoms with Crippen molar-refractivity contribution in [2.45, 2.75) is 31.8 Å². The van der Waals surface area contributed by atoms with Crippen molar-refractivity contribution < 1.29 is 24.2 Å². The highest BCUT2D eigenvalue weighted by molar-refractivity contribution is 6.32. The van der Waals surface area contributed by atoms with Gasteiger partial charge in [0.15, 0.2) is 5.75 Å². The Kier molecular flexibility index (Phi) is 8.15. The van der Waals surface area contributed by atoms with Gasteiger partial charge in [0.2, 0.25) is 0 Å². The number of hydrogen-bond acceptors (Lipinski definition) is 5. The number of halogens is 1. The second kappa shape index (κ2) is 10.3. The van der Waals surface area contributed by atoms with E-state index in [0.29, 0.717) is 36.2 Å². The number of rotatable bonds is 10. The number of hydrogen-bond donors (Lipinski definition) is 3. The lowest BCUT2D eigenvalue weighted by atomic mass is 9.85. The number of carboxylic acid groups (broad SMARTS) is 1. The van der Waals surface area contributed by atoms with Crippen LogP contribution in [0.25, 0.3) is 0 Å². The van der Waals surface area contributed by atoms with Gasteiger partial charge in [-0.05, 0) is 31.5 Å². The third-order valence-electron chi connectivity index (χ3n) is 4.46. The normalized spacial score (nSPS) is 18.7. The highest BCUT2D eigenvalue weighted by Gasteiger charge is 2.34. The van der Waals surface area contributed by atoms with Crippen LogP contribution in [0.15, 0.2) is 18.2 Å². The largest absolute Gasteiger partial charge is 0.487 e. The molecule has 0 bridgehead atoms. The number of carbonyl (C=O) groups is 2. The molecule has 150 valence electrons. The third-order valence-corrected chi connectivity index (χ3v) is 4.76. The van der Waals surface area contributed by atoms with Crippen LogP contribution in [0.2, 0.25) is 5.02 Å². The lowest BCUT2D eigenvalue weighted by molar-refractivity contribution is -0.139. The van der Waals surface area contributed by atoms with Crippen LogP contribution >= 0.6 is 11.6 Å². The summed E-state index contributed by atoms with van der Waals surface area (Å²) in [6.07, 6.45) is 1.45. The van der Waals surface area contributed by atoms with Gasteiger partial charge in [-0.2, -0.15) is 0 Å². The average Bonchev–Trinajstić information content (AvgIpc) is 2.58. The Labute approximate surface area is 163 Å². The van der Waals surface area contributed by atoms with Crippen LogP contribution in [0.5, 0.6) is 5.75 Å². The number of likely N-dealkylation sites (N-methyl/N-ethyl adjacent to an activating group) is 1. The van der Waals surface area contributed by atoms with E-state index in [0.717, 1.165) is 12.8 Å². The fraction of sp³-hybridized carbons (Fsp3) is 0.556. The maximum absolute atomic E-state index is 12.3. The van der Waals surface area contributed by atoms with Gasteiger partial charge in [0.05, 0.1) is 23.9 Å². The molecule has 0 spiro atoms. The highest BCUT2D eigenvalue weighted by Crippen LogP contribution is 2.33. The standard InChI is InChI=1S/C18H26ClN3O5/c1-3-22(11-16(23)24)13-9-12(10-13)20-18(25)21-15-6-4-5-14(19)17(15)27-8-7-26-2/h4-6,12-13H,3,7-11H2,1-2H3,(H,23,24)(H2,20,21,25). The Bertz CT molecular complexity index is 652. The second-order valence-electron chi connectivity index (χ2n) is 6.34. The molecule has 0 aromatic heterocycles. The number of aliphatic carboxylic acids is 1. The first-order valence-corrected chi connectivity index (χ1v) is 9.26. The van der Waals surface area contributed by atoms with E-state index in [1.807, 2.05) is 11.8 Å². The first kappa shape index (κ1) is 21.3. The molecule has 8 nitrogen and oxygen atoms in total. The molecule has 1 aliphatic carbocycles. The molecule has 0 saturated heterocycles. The summed E-state index contributed by atoms with van der Waals surface area (Å²) in [6, 6.07) is 4.96. The molecule has 1 saturated carbocycles. The summed E-state index contributed by atoms with van der Waals surface area (Å²) in [6.45, 7) is 3.34. The molecule has 0 aliphatic heterocycles. The molecule has 27 heavy (non-hydrogen) atoms. The highest BCUT2D eigenvalue weighted by atomic mass is 35.5. The second-order valence-corrected chi connectivity index (χ2v) is 6.74. The molecule has 2 rings (SSSR count). The first-order valence-electron chi connectivity index (χ1n) is 8.88. The molecule has 0 radical (unpaired) electrons. The van der Waals surface area contributed by atoms with Gasteiger partial charge < -0.3 is 25.2 Å². The van der Waals surface area contributed by atoms with Gasteiger partial charge in [0.1, 0.15) is 6.61 Å². The Hall–Kier alpha value is -2.03. The Morgan fingerprint density at radius 1 is 1.33 bits per heavy atom. The van der Waals surface area contributed by atoms with Gasteiger partial charge in [-0.1, -0.05) is 24.6 Å². The van der Waals surface area contributed by atoms with Crippen LogP contribution in [0.4, 0.5) is 10.5 Å². The predicted molar refractivity (Wildman–Crippen MR) is 103 cm³/mol. The fourth-order valence-corrected chi connectivity index (χ4v) is 3.23. The summed E-state index contributed by atoms with van der Waals surface area (Å²) in [5, 5.41) is 15.0. The van der Waals surface area contributed by atoms with Crippen molar-refractivity contribution in [1.82, 2.24) is 10.2 Å². The summed E-state index contributed by atoms with van der Waals surface area (Å²) >= 11 is 6.16. The van der Waals surface area contributed by atoms with E-state index in [4.69, 9.17) is 26.2 Å². The van der Waals surface area contributed by atoms with Gasteiger partial charge >= 0.3 is 12.0 Å². The number of para-hydroxylation sites is 1.